The van der Waals surface area contributed by atoms with Crippen molar-refractivity contribution in [2.75, 3.05) is 11.1 Å². The number of nitrogens with zero attached hydrogens (tertiary/aromatic N) is 2. The molecule has 1 heterocycles. The molecule has 0 unspecified atom stereocenters. The van der Waals surface area contributed by atoms with Gasteiger partial charge in [0, 0.05) is 5.69 Å². The number of hydrogen-bond acceptors (Lipinski definition) is 5. The quantitative estimate of drug-likeness (QED) is 0.667. The highest BCUT2D eigenvalue weighted by atomic mass is 35.5. The topological polar surface area (TPSA) is 73.1 Å². The molecule has 0 atom stereocenters. The van der Waals surface area contributed by atoms with Crippen LogP contribution in [0.4, 0.5) is 17.2 Å². The Morgan fingerprint density at radius 1 is 1.00 bits per heavy atom. The minimum absolute atomic E-state index is 0.274. The average molecular weight is 361 g/mol. The van der Waals surface area contributed by atoms with Gasteiger partial charge in [-0.25, -0.2) is 4.98 Å². The van der Waals surface area contributed by atoms with Crippen molar-refractivity contribution in [1.29, 1.82) is 0 Å². The molecule has 0 bridgehead atoms. The standard InChI is InChI=1S/C17H14Cl2N4O/c1-10-2-5-12(6-3-10)24-17-15(20)16(21-9-22-17)23-11-4-7-13(18)14(19)8-11/h2-9H,20H2,1H3,(H,21,22,23). The molecule has 0 saturated heterocycles. The van der Waals surface area contributed by atoms with Gasteiger partial charge in [0.25, 0.3) is 0 Å². The second-order valence-corrected chi connectivity index (χ2v) is 5.92. The SMILES string of the molecule is Cc1ccc(Oc2ncnc(Nc3ccc(Cl)c(Cl)c3)c2N)cc1. The van der Waals surface area contributed by atoms with Gasteiger partial charge in [-0.05, 0) is 37.3 Å². The molecular formula is C17H14Cl2N4O. The Labute approximate surface area is 149 Å². The van der Waals surface area contributed by atoms with E-state index in [1.807, 2.05) is 31.2 Å². The van der Waals surface area contributed by atoms with E-state index < -0.39 is 0 Å². The summed E-state index contributed by atoms with van der Waals surface area (Å²) in [6.07, 6.45) is 1.37. The van der Waals surface area contributed by atoms with Crippen molar-refractivity contribution in [3.05, 3.63) is 64.4 Å². The van der Waals surface area contributed by atoms with Crippen LogP contribution in [-0.2, 0) is 0 Å². The first kappa shape index (κ1) is 16.4. The van der Waals surface area contributed by atoms with Crippen LogP contribution in [0.2, 0.25) is 10.0 Å². The molecule has 0 aliphatic rings. The van der Waals surface area contributed by atoms with Gasteiger partial charge in [0.15, 0.2) is 5.82 Å². The molecule has 3 N–H and O–H groups in total. The van der Waals surface area contributed by atoms with E-state index in [4.69, 9.17) is 33.7 Å². The van der Waals surface area contributed by atoms with Crippen LogP contribution in [-0.4, -0.2) is 9.97 Å². The normalized spacial score (nSPS) is 10.5. The number of aromatic nitrogens is 2. The number of anilines is 3. The molecule has 24 heavy (non-hydrogen) atoms. The van der Waals surface area contributed by atoms with Gasteiger partial charge in [-0.15, -0.1) is 0 Å². The predicted molar refractivity (Wildman–Crippen MR) is 97.4 cm³/mol. The van der Waals surface area contributed by atoms with Gasteiger partial charge < -0.3 is 15.8 Å². The number of nitrogens with two attached hydrogens (primary N) is 1. The average Bonchev–Trinajstić information content (AvgIpc) is 2.57. The van der Waals surface area contributed by atoms with Gasteiger partial charge in [0.05, 0.1) is 10.0 Å². The lowest BCUT2D eigenvalue weighted by molar-refractivity contribution is 0.464. The number of benzene rings is 2. The molecule has 0 fully saturated rings. The molecule has 122 valence electrons. The molecule has 7 heteroatoms. The number of halogens is 2. The van der Waals surface area contributed by atoms with Gasteiger partial charge in [-0.1, -0.05) is 40.9 Å². The first-order valence-electron chi connectivity index (χ1n) is 7.10. The molecule has 1 aromatic heterocycles. The van der Waals surface area contributed by atoms with E-state index in [0.29, 0.717) is 33.0 Å². The van der Waals surface area contributed by atoms with Gasteiger partial charge in [-0.2, -0.15) is 4.98 Å². The van der Waals surface area contributed by atoms with E-state index in [0.717, 1.165) is 5.56 Å². The van der Waals surface area contributed by atoms with Crippen molar-refractivity contribution < 1.29 is 4.74 Å². The molecule has 3 aromatic rings. The third-order valence-corrected chi connectivity index (χ3v) is 4.00. The van der Waals surface area contributed by atoms with Gasteiger partial charge >= 0.3 is 0 Å². The van der Waals surface area contributed by atoms with E-state index in [1.54, 1.807) is 18.2 Å². The highest BCUT2D eigenvalue weighted by molar-refractivity contribution is 6.42. The number of nitrogen functional groups attached to an aromatic ring is 1. The fourth-order valence-corrected chi connectivity index (χ4v) is 2.29. The Morgan fingerprint density at radius 2 is 1.75 bits per heavy atom. The van der Waals surface area contributed by atoms with Crippen LogP contribution in [0.1, 0.15) is 5.56 Å². The maximum absolute atomic E-state index is 6.11. The van der Waals surface area contributed by atoms with Crippen molar-refractivity contribution in [2.24, 2.45) is 0 Å². The number of ether oxygens (including phenoxy) is 1. The molecule has 0 spiro atoms. The van der Waals surface area contributed by atoms with E-state index in [2.05, 4.69) is 15.3 Å². The Morgan fingerprint density at radius 3 is 2.46 bits per heavy atom. The zero-order valence-corrected chi connectivity index (χ0v) is 14.3. The maximum atomic E-state index is 6.11. The van der Waals surface area contributed by atoms with Crippen LogP contribution in [0.25, 0.3) is 0 Å². The minimum atomic E-state index is 0.274. The first-order chi connectivity index (χ1) is 11.5. The molecular weight excluding hydrogens is 347 g/mol. The molecule has 0 aliphatic carbocycles. The number of rotatable bonds is 4. The van der Waals surface area contributed by atoms with Gasteiger partial charge in [0.2, 0.25) is 5.88 Å². The maximum Gasteiger partial charge on any atom is 0.248 e. The second kappa shape index (κ2) is 6.95. The van der Waals surface area contributed by atoms with Crippen LogP contribution in [0.3, 0.4) is 0 Å². The molecule has 0 amide bonds. The summed E-state index contributed by atoms with van der Waals surface area (Å²) in [4.78, 5) is 8.22. The van der Waals surface area contributed by atoms with Crippen LogP contribution in [0.5, 0.6) is 11.6 Å². The highest BCUT2D eigenvalue weighted by Crippen LogP contribution is 2.32. The summed E-state index contributed by atoms with van der Waals surface area (Å²) in [6, 6.07) is 12.7. The predicted octanol–water partition coefficient (Wildman–Crippen LogP) is 5.21. The zero-order valence-electron chi connectivity index (χ0n) is 12.8. The Balaban J connectivity index is 1.84. The lowest BCUT2D eigenvalue weighted by atomic mass is 10.2. The molecule has 0 radical (unpaired) electrons. The van der Waals surface area contributed by atoms with Gasteiger partial charge in [0.1, 0.15) is 17.8 Å². The highest BCUT2D eigenvalue weighted by Gasteiger charge is 2.11. The molecule has 3 rings (SSSR count). The summed E-state index contributed by atoms with van der Waals surface area (Å²) in [5.41, 5.74) is 8.24. The summed E-state index contributed by atoms with van der Waals surface area (Å²) in [5.74, 6) is 1.34. The molecule has 5 nitrogen and oxygen atoms in total. The number of aryl methyl sites for hydroxylation is 1. The van der Waals surface area contributed by atoms with Crippen molar-refractivity contribution in [3.8, 4) is 11.6 Å². The molecule has 2 aromatic carbocycles. The fourth-order valence-electron chi connectivity index (χ4n) is 1.99. The van der Waals surface area contributed by atoms with Crippen molar-refractivity contribution in [3.63, 3.8) is 0 Å². The Hall–Kier alpha value is -2.50. The zero-order chi connectivity index (χ0) is 17.1. The van der Waals surface area contributed by atoms with E-state index in [1.165, 1.54) is 6.33 Å². The van der Waals surface area contributed by atoms with Crippen molar-refractivity contribution in [1.82, 2.24) is 9.97 Å². The summed E-state index contributed by atoms with van der Waals surface area (Å²) in [7, 11) is 0. The van der Waals surface area contributed by atoms with Gasteiger partial charge in [-0.3, -0.25) is 0 Å². The monoisotopic (exact) mass is 360 g/mol. The number of nitrogens with one attached hydrogen (secondary N) is 1. The van der Waals surface area contributed by atoms with E-state index in [-0.39, 0.29) is 5.88 Å². The summed E-state index contributed by atoms with van der Waals surface area (Å²) in [5, 5.41) is 3.99. The smallest absolute Gasteiger partial charge is 0.248 e. The summed E-state index contributed by atoms with van der Waals surface area (Å²) in [6.45, 7) is 2.00. The van der Waals surface area contributed by atoms with Crippen LogP contribution >= 0.6 is 23.2 Å². The van der Waals surface area contributed by atoms with E-state index >= 15 is 0 Å². The third-order valence-electron chi connectivity index (χ3n) is 3.27. The first-order valence-corrected chi connectivity index (χ1v) is 7.85. The van der Waals surface area contributed by atoms with Crippen molar-refractivity contribution in [2.45, 2.75) is 6.92 Å². The second-order valence-electron chi connectivity index (χ2n) is 5.11. The van der Waals surface area contributed by atoms with Crippen LogP contribution in [0, 0.1) is 6.92 Å². The van der Waals surface area contributed by atoms with E-state index in [9.17, 15) is 0 Å². The lowest BCUT2D eigenvalue weighted by Gasteiger charge is -2.12. The van der Waals surface area contributed by atoms with Crippen LogP contribution in [0.15, 0.2) is 48.8 Å². The Bertz CT molecular complexity index is 869. The minimum Gasteiger partial charge on any atom is -0.437 e. The summed E-state index contributed by atoms with van der Waals surface area (Å²) >= 11 is 11.9. The third kappa shape index (κ3) is 3.69. The number of hydrogen-bond donors (Lipinski definition) is 2. The van der Waals surface area contributed by atoms with Crippen LogP contribution < -0.4 is 15.8 Å². The largest absolute Gasteiger partial charge is 0.437 e. The summed E-state index contributed by atoms with van der Waals surface area (Å²) < 4.78 is 5.72. The molecule has 0 aliphatic heterocycles. The molecule has 0 saturated carbocycles. The lowest BCUT2D eigenvalue weighted by Crippen LogP contribution is -2.03. The van der Waals surface area contributed by atoms with Crippen molar-refractivity contribution >= 4 is 40.4 Å². The fraction of sp³-hybridized carbons (Fsp3) is 0.0588. The Kier molecular flexibility index (Phi) is 4.74.